The second kappa shape index (κ2) is 6.42. The second-order valence-electron chi connectivity index (χ2n) is 4.67. The number of carbonyl (C=O) groups excluding carboxylic acids is 1. The number of Topliss-reactive ketones (excluding diaryl/α,β-unsaturated/α-hetero) is 1. The van der Waals surface area contributed by atoms with Crippen LogP contribution in [0, 0.1) is 0 Å². The molecule has 0 fully saturated rings. The van der Waals surface area contributed by atoms with Crippen molar-refractivity contribution in [3.05, 3.63) is 51.3 Å². The number of aromatic nitrogens is 2. The van der Waals surface area contributed by atoms with E-state index in [9.17, 15) is 4.79 Å². The smallest absolute Gasteiger partial charge is 0.143 e. The average Bonchev–Trinajstić information content (AvgIpc) is 2.69. The lowest BCUT2D eigenvalue weighted by Crippen LogP contribution is -2.10. The van der Waals surface area contributed by atoms with Crippen molar-refractivity contribution in [3.8, 4) is 0 Å². The van der Waals surface area contributed by atoms with E-state index in [1.54, 1.807) is 10.7 Å². The van der Waals surface area contributed by atoms with Crippen LogP contribution in [-0.2, 0) is 31.1 Å². The number of hydrogen-bond donors (Lipinski definition) is 0. The zero-order chi connectivity index (χ0) is 14.7. The fraction of sp³-hybridized carbons (Fsp3) is 0.333. The maximum absolute atomic E-state index is 12.2. The third-order valence-electron chi connectivity index (χ3n) is 3.21. The van der Waals surface area contributed by atoms with Crippen LogP contribution in [0.15, 0.2) is 24.3 Å². The van der Waals surface area contributed by atoms with Crippen LogP contribution in [0.5, 0.6) is 0 Å². The van der Waals surface area contributed by atoms with E-state index < -0.39 is 0 Å². The Kier molecular flexibility index (Phi) is 4.84. The van der Waals surface area contributed by atoms with Crippen molar-refractivity contribution in [2.75, 3.05) is 0 Å². The minimum absolute atomic E-state index is 0.0747. The number of hydrogen-bond acceptors (Lipinski definition) is 2. The lowest BCUT2D eigenvalue weighted by atomic mass is 10.1. The van der Waals surface area contributed by atoms with E-state index in [2.05, 4.69) is 5.10 Å². The summed E-state index contributed by atoms with van der Waals surface area (Å²) in [6.07, 6.45) is 1.33. The van der Waals surface area contributed by atoms with Gasteiger partial charge in [0, 0.05) is 18.5 Å². The molecule has 0 saturated carbocycles. The van der Waals surface area contributed by atoms with Crippen molar-refractivity contribution >= 4 is 29.0 Å². The highest BCUT2D eigenvalue weighted by molar-refractivity contribution is 6.32. The summed E-state index contributed by atoms with van der Waals surface area (Å²) in [6, 6.07) is 7.38. The monoisotopic (exact) mass is 310 g/mol. The third-order valence-corrected chi connectivity index (χ3v) is 4.02. The van der Waals surface area contributed by atoms with Gasteiger partial charge in [0.2, 0.25) is 0 Å². The summed E-state index contributed by atoms with van der Waals surface area (Å²) in [5.41, 5.74) is 2.43. The number of rotatable bonds is 5. The summed E-state index contributed by atoms with van der Waals surface area (Å²) >= 11 is 12.3. The second-order valence-corrected chi connectivity index (χ2v) is 5.45. The predicted molar refractivity (Wildman–Crippen MR) is 81.5 cm³/mol. The maximum atomic E-state index is 12.2. The number of nitrogens with zero attached hydrogens (tertiary/aromatic N) is 2. The van der Waals surface area contributed by atoms with E-state index >= 15 is 0 Å². The normalized spacial score (nSPS) is 10.8. The van der Waals surface area contributed by atoms with E-state index in [0.29, 0.717) is 16.5 Å². The molecule has 1 aromatic carbocycles. The van der Waals surface area contributed by atoms with E-state index in [0.717, 1.165) is 23.4 Å². The molecular weight excluding hydrogens is 295 g/mol. The number of ketones is 1. The molecule has 5 heteroatoms. The quantitative estimate of drug-likeness (QED) is 0.845. The van der Waals surface area contributed by atoms with Crippen LogP contribution in [0.1, 0.15) is 23.9 Å². The summed E-state index contributed by atoms with van der Waals surface area (Å²) in [5, 5.41) is 5.53. The molecule has 0 radical (unpaired) electrons. The molecule has 0 unspecified atom stereocenters. The largest absolute Gasteiger partial charge is 0.299 e. The number of benzene rings is 1. The first-order valence-corrected chi connectivity index (χ1v) is 7.23. The molecule has 0 aliphatic carbocycles. The zero-order valence-corrected chi connectivity index (χ0v) is 13.0. The Morgan fingerprint density at radius 3 is 2.55 bits per heavy atom. The van der Waals surface area contributed by atoms with Gasteiger partial charge in [-0.3, -0.25) is 9.48 Å². The summed E-state index contributed by atoms with van der Waals surface area (Å²) < 4.78 is 1.69. The number of aryl methyl sites for hydroxylation is 2. The highest BCUT2D eigenvalue weighted by Gasteiger charge is 2.16. The van der Waals surface area contributed by atoms with Gasteiger partial charge in [-0.05, 0) is 18.1 Å². The molecule has 0 aliphatic heterocycles. The lowest BCUT2D eigenvalue weighted by molar-refractivity contribution is -0.117. The Hall–Kier alpha value is -1.32. The summed E-state index contributed by atoms with van der Waals surface area (Å²) in [4.78, 5) is 12.2. The standard InChI is InChI=1S/C15H16Cl2N2O/c1-3-13-15(17)14(19(2)18-13)9-11(20)8-10-6-4-5-7-12(10)16/h4-7H,3,8-9H2,1-2H3. The Bertz CT molecular complexity index is 635. The Morgan fingerprint density at radius 1 is 1.25 bits per heavy atom. The Balaban J connectivity index is 2.13. The minimum Gasteiger partial charge on any atom is -0.299 e. The SMILES string of the molecule is CCc1nn(C)c(CC(=O)Cc2ccccc2Cl)c1Cl. The van der Waals surface area contributed by atoms with Gasteiger partial charge in [0.25, 0.3) is 0 Å². The molecule has 0 amide bonds. The van der Waals surface area contributed by atoms with Crippen LogP contribution in [-0.4, -0.2) is 15.6 Å². The van der Waals surface area contributed by atoms with Crippen molar-refractivity contribution < 1.29 is 4.79 Å². The van der Waals surface area contributed by atoms with Crippen molar-refractivity contribution in [2.45, 2.75) is 26.2 Å². The van der Waals surface area contributed by atoms with E-state index in [4.69, 9.17) is 23.2 Å². The first-order valence-electron chi connectivity index (χ1n) is 6.48. The average molecular weight is 311 g/mol. The van der Waals surface area contributed by atoms with Gasteiger partial charge >= 0.3 is 0 Å². The lowest BCUT2D eigenvalue weighted by Gasteiger charge is -2.04. The molecule has 0 atom stereocenters. The minimum atomic E-state index is 0.0747. The molecule has 2 rings (SSSR count). The number of carbonyl (C=O) groups is 1. The third kappa shape index (κ3) is 3.22. The van der Waals surface area contributed by atoms with Gasteiger partial charge in [0.05, 0.1) is 22.8 Å². The van der Waals surface area contributed by atoms with Gasteiger partial charge in [-0.1, -0.05) is 48.3 Å². The van der Waals surface area contributed by atoms with Crippen LogP contribution in [0.2, 0.25) is 10.0 Å². The van der Waals surface area contributed by atoms with Crippen LogP contribution in [0.25, 0.3) is 0 Å². The maximum Gasteiger partial charge on any atom is 0.143 e. The Morgan fingerprint density at radius 2 is 1.95 bits per heavy atom. The summed E-state index contributed by atoms with van der Waals surface area (Å²) in [5.74, 6) is 0.0747. The van der Waals surface area contributed by atoms with E-state index in [1.807, 2.05) is 32.2 Å². The molecule has 106 valence electrons. The van der Waals surface area contributed by atoms with Crippen LogP contribution in [0.3, 0.4) is 0 Å². The zero-order valence-electron chi connectivity index (χ0n) is 11.5. The molecular formula is C15H16Cl2N2O. The fourth-order valence-electron chi connectivity index (χ4n) is 2.12. The molecule has 0 aliphatic rings. The van der Waals surface area contributed by atoms with Crippen molar-refractivity contribution in [1.82, 2.24) is 9.78 Å². The molecule has 2 aromatic rings. The van der Waals surface area contributed by atoms with E-state index in [1.165, 1.54) is 0 Å². The Labute approximate surface area is 128 Å². The van der Waals surface area contributed by atoms with Gasteiger partial charge in [-0.2, -0.15) is 5.10 Å². The highest BCUT2D eigenvalue weighted by atomic mass is 35.5. The topological polar surface area (TPSA) is 34.9 Å². The molecule has 20 heavy (non-hydrogen) atoms. The molecule has 3 nitrogen and oxygen atoms in total. The molecule has 1 aromatic heterocycles. The molecule has 0 N–H and O–H groups in total. The molecule has 0 spiro atoms. The first-order chi connectivity index (χ1) is 9.52. The van der Waals surface area contributed by atoms with Crippen LogP contribution >= 0.6 is 23.2 Å². The van der Waals surface area contributed by atoms with Gasteiger partial charge in [0.15, 0.2) is 0 Å². The van der Waals surface area contributed by atoms with Gasteiger partial charge < -0.3 is 0 Å². The van der Waals surface area contributed by atoms with Crippen molar-refractivity contribution in [1.29, 1.82) is 0 Å². The van der Waals surface area contributed by atoms with Crippen molar-refractivity contribution in [3.63, 3.8) is 0 Å². The van der Waals surface area contributed by atoms with E-state index in [-0.39, 0.29) is 12.2 Å². The van der Waals surface area contributed by atoms with Crippen LogP contribution < -0.4 is 0 Å². The summed E-state index contributed by atoms with van der Waals surface area (Å²) in [7, 11) is 1.81. The fourth-order valence-corrected chi connectivity index (χ4v) is 2.68. The number of halogens is 2. The van der Waals surface area contributed by atoms with Gasteiger partial charge in [-0.15, -0.1) is 0 Å². The van der Waals surface area contributed by atoms with Crippen molar-refractivity contribution in [2.24, 2.45) is 7.05 Å². The first kappa shape index (κ1) is 15.1. The van der Waals surface area contributed by atoms with Crippen LogP contribution in [0.4, 0.5) is 0 Å². The summed E-state index contributed by atoms with van der Waals surface area (Å²) in [6.45, 7) is 1.99. The molecule has 1 heterocycles. The highest BCUT2D eigenvalue weighted by Crippen LogP contribution is 2.22. The molecule has 0 bridgehead atoms. The van der Waals surface area contributed by atoms with Gasteiger partial charge in [-0.25, -0.2) is 0 Å². The van der Waals surface area contributed by atoms with Gasteiger partial charge in [0.1, 0.15) is 5.78 Å². The predicted octanol–water partition coefficient (Wildman–Crippen LogP) is 3.64. The molecule has 0 saturated heterocycles.